The minimum Gasteiger partial charge on any atom is -0.298 e. The lowest BCUT2D eigenvalue weighted by atomic mass is 10.0. The van der Waals surface area contributed by atoms with Crippen molar-refractivity contribution >= 4 is 10.0 Å². The highest BCUT2D eigenvalue weighted by Gasteiger charge is 2.32. The van der Waals surface area contributed by atoms with Gasteiger partial charge in [0.1, 0.15) is 0 Å². The molecular formula is C22H30N2O2S. The van der Waals surface area contributed by atoms with Crippen LogP contribution < -0.4 is 0 Å². The molecule has 3 rings (SSSR count). The molecule has 4 nitrogen and oxygen atoms in total. The molecule has 1 saturated heterocycles. The number of rotatable bonds is 6. The molecule has 0 saturated carbocycles. The molecule has 0 aromatic heterocycles. The predicted octanol–water partition coefficient (Wildman–Crippen LogP) is 3.75. The summed E-state index contributed by atoms with van der Waals surface area (Å²) in [7, 11) is -3.42. The first-order valence-electron chi connectivity index (χ1n) is 9.76. The summed E-state index contributed by atoms with van der Waals surface area (Å²) in [4.78, 5) is 2.79. The lowest BCUT2D eigenvalue weighted by molar-refractivity contribution is 0.130. The van der Waals surface area contributed by atoms with Crippen molar-refractivity contribution in [1.82, 2.24) is 9.21 Å². The molecule has 0 spiro atoms. The Labute approximate surface area is 163 Å². The van der Waals surface area contributed by atoms with Crippen molar-refractivity contribution in [3.05, 3.63) is 65.7 Å². The first-order chi connectivity index (χ1) is 12.9. The van der Waals surface area contributed by atoms with Crippen molar-refractivity contribution in [2.75, 3.05) is 26.2 Å². The summed E-state index contributed by atoms with van der Waals surface area (Å²) >= 11 is 0. The molecule has 0 amide bonds. The highest BCUT2D eigenvalue weighted by atomic mass is 32.2. The highest BCUT2D eigenvalue weighted by Crippen LogP contribution is 2.22. The summed E-state index contributed by atoms with van der Waals surface area (Å²) < 4.78 is 27.7. The van der Waals surface area contributed by atoms with E-state index in [4.69, 9.17) is 0 Å². The Morgan fingerprint density at radius 1 is 1.00 bits per heavy atom. The molecule has 2 aromatic carbocycles. The van der Waals surface area contributed by atoms with Gasteiger partial charge < -0.3 is 0 Å². The number of piperazine rings is 1. The van der Waals surface area contributed by atoms with Crippen LogP contribution in [0.25, 0.3) is 0 Å². The van der Waals surface area contributed by atoms with Gasteiger partial charge in [-0.05, 0) is 42.5 Å². The summed E-state index contributed by atoms with van der Waals surface area (Å²) in [6.07, 6.45) is 0.995. The van der Waals surface area contributed by atoms with E-state index in [0.717, 1.165) is 25.1 Å². The van der Waals surface area contributed by atoms with Crippen LogP contribution in [0.15, 0.2) is 59.5 Å². The Hall–Kier alpha value is -1.69. The number of benzene rings is 2. The van der Waals surface area contributed by atoms with Crippen molar-refractivity contribution in [3.8, 4) is 0 Å². The first kappa shape index (κ1) is 20.1. The Bertz CT molecular complexity index is 832. The normalized spacial score (nSPS) is 19.5. The number of hydrogen-bond donors (Lipinski definition) is 0. The molecule has 1 atom stereocenters. The topological polar surface area (TPSA) is 40.6 Å². The van der Waals surface area contributed by atoms with E-state index in [-0.39, 0.29) is 6.04 Å². The van der Waals surface area contributed by atoms with Crippen LogP contribution in [0.4, 0.5) is 0 Å². The van der Waals surface area contributed by atoms with Gasteiger partial charge in [-0.2, -0.15) is 4.31 Å². The molecule has 0 N–H and O–H groups in total. The molecule has 1 aliphatic rings. The second-order valence-electron chi connectivity index (χ2n) is 7.71. The van der Waals surface area contributed by atoms with E-state index in [0.29, 0.717) is 23.9 Å². The maximum absolute atomic E-state index is 13.0. The second kappa shape index (κ2) is 8.55. The average molecular weight is 387 g/mol. The Morgan fingerprint density at radius 3 is 2.26 bits per heavy atom. The molecule has 0 aliphatic carbocycles. The summed E-state index contributed by atoms with van der Waals surface area (Å²) in [5.74, 6) is 0.398. The molecule has 1 fully saturated rings. The van der Waals surface area contributed by atoms with Gasteiger partial charge in [-0.15, -0.1) is 0 Å². The van der Waals surface area contributed by atoms with E-state index in [9.17, 15) is 8.42 Å². The molecule has 1 unspecified atom stereocenters. The molecule has 2 aromatic rings. The van der Waals surface area contributed by atoms with Gasteiger partial charge in [0.25, 0.3) is 0 Å². The van der Waals surface area contributed by atoms with E-state index in [1.54, 1.807) is 16.4 Å². The number of sulfonamides is 1. The van der Waals surface area contributed by atoms with Crippen molar-refractivity contribution in [1.29, 1.82) is 0 Å². The molecule has 1 aliphatic heterocycles. The zero-order valence-electron chi connectivity index (χ0n) is 16.5. The quantitative estimate of drug-likeness (QED) is 0.759. The van der Waals surface area contributed by atoms with Gasteiger partial charge >= 0.3 is 0 Å². The smallest absolute Gasteiger partial charge is 0.243 e. The van der Waals surface area contributed by atoms with E-state index in [2.05, 4.69) is 49.9 Å². The van der Waals surface area contributed by atoms with Crippen LogP contribution >= 0.6 is 0 Å². The SMILES string of the molecule is CC(C)c1ccc(S(=O)(=O)N2CCN(CCc3ccccc3)C(C)C2)cc1. The van der Waals surface area contributed by atoms with Gasteiger partial charge in [0.15, 0.2) is 0 Å². The van der Waals surface area contributed by atoms with E-state index < -0.39 is 10.0 Å². The third-order valence-electron chi connectivity index (χ3n) is 5.44. The molecule has 27 heavy (non-hydrogen) atoms. The molecular weight excluding hydrogens is 356 g/mol. The summed E-state index contributed by atoms with van der Waals surface area (Å²) in [6, 6.07) is 18.0. The minimum atomic E-state index is -3.42. The van der Waals surface area contributed by atoms with Gasteiger partial charge in [-0.3, -0.25) is 4.90 Å². The van der Waals surface area contributed by atoms with Crippen molar-refractivity contribution in [2.24, 2.45) is 0 Å². The van der Waals surface area contributed by atoms with Gasteiger partial charge in [-0.25, -0.2) is 8.42 Å². The number of hydrogen-bond acceptors (Lipinski definition) is 3. The van der Waals surface area contributed by atoms with Crippen LogP contribution in [0, 0.1) is 0 Å². The number of nitrogens with zero attached hydrogens (tertiary/aromatic N) is 2. The fourth-order valence-electron chi connectivity index (χ4n) is 3.60. The molecule has 1 heterocycles. The van der Waals surface area contributed by atoms with E-state index in [1.165, 1.54) is 5.56 Å². The third-order valence-corrected chi connectivity index (χ3v) is 7.32. The van der Waals surface area contributed by atoms with Crippen LogP contribution in [0.3, 0.4) is 0 Å². The van der Waals surface area contributed by atoms with Gasteiger partial charge in [-0.1, -0.05) is 56.3 Å². The Kier molecular flexibility index (Phi) is 6.35. The fraction of sp³-hybridized carbons (Fsp3) is 0.455. The van der Waals surface area contributed by atoms with Crippen LogP contribution in [0.2, 0.25) is 0 Å². The van der Waals surface area contributed by atoms with Crippen molar-refractivity contribution in [2.45, 2.75) is 44.0 Å². The minimum absolute atomic E-state index is 0.215. The lowest BCUT2D eigenvalue weighted by Gasteiger charge is -2.39. The lowest BCUT2D eigenvalue weighted by Crippen LogP contribution is -2.53. The summed E-state index contributed by atoms with van der Waals surface area (Å²) in [5.41, 5.74) is 2.48. The Balaban J connectivity index is 1.62. The molecule has 5 heteroatoms. The van der Waals surface area contributed by atoms with Crippen LogP contribution in [-0.4, -0.2) is 49.8 Å². The zero-order valence-corrected chi connectivity index (χ0v) is 17.3. The maximum Gasteiger partial charge on any atom is 0.243 e. The molecule has 0 bridgehead atoms. The third kappa shape index (κ3) is 4.78. The van der Waals surface area contributed by atoms with Crippen molar-refractivity contribution in [3.63, 3.8) is 0 Å². The maximum atomic E-state index is 13.0. The standard InChI is InChI=1S/C22H30N2O2S/c1-18(2)21-9-11-22(12-10-21)27(25,26)24-16-15-23(19(3)17-24)14-13-20-7-5-4-6-8-20/h4-12,18-19H,13-17H2,1-3H3. The monoisotopic (exact) mass is 386 g/mol. The zero-order chi connectivity index (χ0) is 19.4. The van der Waals surface area contributed by atoms with E-state index in [1.807, 2.05) is 18.2 Å². The van der Waals surface area contributed by atoms with Gasteiger partial charge in [0, 0.05) is 32.2 Å². The summed E-state index contributed by atoms with van der Waals surface area (Å²) in [5, 5.41) is 0. The molecule has 146 valence electrons. The van der Waals surface area contributed by atoms with Crippen molar-refractivity contribution < 1.29 is 8.42 Å². The van der Waals surface area contributed by atoms with Crippen LogP contribution in [0.1, 0.15) is 37.8 Å². The highest BCUT2D eigenvalue weighted by molar-refractivity contribution is 7.89. The first-order valence-corrected chi connectivity index (χ1v) is 11.2. The van der Waals surface area contributed by atoms with Crippen LogP contribution in [-0.2, 0) is 16.4 Å². The second-order valence-corrected chi connectivity index (χ2v) is 9.65. The van der Waals surface area contributed by atoms with Gasteiger partial charge in [0.2, 0.25) is 10.0 Å². The molecule has 0 radical (unpaired) electrons. The largest absolute Gasteiger partial charge is 0.298 e. The average Bonchev–Trinajstić information content (AvgIpc) is 2.68. The van der Waals surface area contributed by atoms with E-state index >= 15 is 0 Å². The fourth-order valence-corrected chi connectivity index (χ4v) is 5.12. The summed E-state index contributed by atoms with van der Waals surface area (Å²) in [6.45, 7) is 9.17. The Morgan fingerprint density at radius 2 is 1.67 bits per heavy atom. The van der Waals surface area contributed by atoms with Gasteiger partial charge in [0.05, 0.1) is 4.90 Å². The van der Waals surface area contributed by atoms with Crippen LogP contribution in [0.5, 0.6) is 0 Å². The predicted molar refractivity (Wildman–Crippen MR) is 110 cm³/mol.